The van der Waals surface area contributed by atoms with Crippen LogP contribution in [0.15, 0.2) is 0 Å². The number of nitrogens with one attached hydrogen (secondary N) is 2. The molecule has 1 heterocycles. The second-order valence-electron chi connectivity index (χ2n) is 5.63. The van der Waals surface area contributed by atoms with Crippen molar-refractivity contribution >= 4 is 5.91 Å². The maximum Gasteiger partial charge on any atom is 0.239 e. The fraction of sp³-hybridized carbons (Fsp3) is 0.917. The van der Waals surface area contributed by atoms with E-state index >= 15 is 0 Å². The lowest BCUT2D eigenvalue weighted by molar-refractivity contribution is -0.130. The van der Waals surface area contributed by atoms with Crippen molar-refractivity contribution in [3.8, 4) is 0 Å². The van der Waals surface area contributed by atoms with Crippen LogP contribution in [0.4, 0.5) is 0 Å². The Hall–Kier alpha value is -0.570. The fourth-order valence-corrected chi connectivity index (χ4v) is 2.94. The quantitative estimate of drug-likeness (QED) is 0.637. The molecule has 1 aliphatic heterocycles. The molecule has 3 heteroatoms. The van der Waals surface area contributed by atoms with Crippen molar-refractivity contribution in [3.05, 3.63) is 0 Å². The van der Waals surface area contributed by atoms with Gasteiger partial charge < -0.3 is 5.32 Å². The Morgan fingerprint density at radius 3 is 2.20 bits per heavy atom. The van der Waals surface area contributed by atoms with Crippen molar-refractivity contribution in [1.29, 1.82) is 0 Å². The highest BCUT2D eigenvalue weighted by Crippen LogP contribution is 2.30. The van der Waals surface area contributed by atoms with Gasteiger partial charge in [0.05, 0.1) is 5.54 Å². The average molecular weight is 210 g/mol. The summed E-state index contributed by atoms with van der Waals surface area (Å²) in [6.07, 6.45) is 7.68. The molecule has 1 spiro atoms. The van der Waals surface area contributed by atoms with Crippen LogP contribution in [-0.4, -0.2) is 23.5 Å². The molecule has 2 aliphatic rings. The van der Waals surface area contributed by atoms with Crippen LogP contribution in [0.1, 0.15) is 52.4 Å². The lowest BCUT2D eigenvalue weighted by Crippen LogP contribution is -2.70. The van der Waals surface area contributed by atoms with Crippen LogP contribution in [0.5, 0.6) is 0 Å². The molecule has 0 aromatic rings. The fourth-order valence-electron chi connectivity index (χ4n) is 2.94. The number of carbonyl (C=O) groups is 1. The topological polar surface area (TPSA) is 41.1 Å². The summed E-state index contributed by atoms with van der Waals surface area (Å²) in [7, 11) is 0. The van der Waals surface area contributed by atoms with E-state index in [0.29, 0.717) is 0 Å². The molecule has 0 atom stereocenters. The van der Waals surface area contributed by atoms with E-state index in [9.17, 15) is 4.79 Å². The molecule has 86 valence electrons. The number of amides is 1. The van der Waals surface area contributed by atoms with Crippen molar-refractivity contribution in [2.24, 2.45) is 0 Å². The largest absolute Gasteiger partial charge is 0.353 e. The molecule has 0 radical (unpaired) electrons. The Morgan fingerprint density at radius 1 is 1.07 bits per heavy atom. The number of carbonyl (C=O) groups excluding carboxylic acids is 1. The van der Waals surface area contributed by atoms with Gasteiger partial charge in [-0.2, -0.15) is 0 Å². The van der Waals surface area contributed by atoms with E-state index in [1.165, 1.54) is 38.5 Å². The first-order valence-electron chi connectivity index (χ1n) is 6.12. The third-order valence-corrected chi connectivity index (χ3v) is 3.79. The zero-order valence-electron chi connectivity index (χ0n) is 9.86. The first kappa shape index (κ1) is 10.9. The van der Waals surface area contributed by atoms with Gasteiger partial charge in [0.15, 0.2) is 0 Å². The highest BCUT2D eigenvalue weighted by atomic mass is 16.2. The molecule has 3 nitrogen and oxygen atoms in total. The zero-order valence-corrected chi connectivity index (χ0v) is 9.86. The van der Waals surface area contributed by atoms with Crippen molar-refractivity contribution in [3.63, 3.8) is 0 Å². The van der Waals surface area contributed by atoms with E-state index in [4.69, 9.17) is 0 Å². The first-order valence-corrected chi connectivity index (χ1v) is 6.12. The van der Waals surface area contributed by atoms with Crippen LogP contribution in [0.2, 0.25) is 0 Å². The van der Waals surface area contributed by atoms with Gasteiger partial charge >= 0.3 is 0 Å². The molecule has 0 bridgehead atoms. The number of hydrogen-bond acceptors (Lipinski definition) is 2. The second kappa shape index (κ2) is 3.78. The minimum atomic E-state index is -0.400. The standard InChI is InChI=1S/C12H22N2O/c1-11(2)10(15)13-9-12(14-11)7-5-3-4-6-8-12/h14H,3-9H2,1-2H3,(H,13,15). The molecule has 1 aliphatic carbocycles. The maximum atomic E-state index is 11.7. The first-order chi connectivity index (χ1) is 7.04. The van der Waals surface area contributed by atoms with Crippen LogP contribution in [0.3, 0.4) is 0 Å². The van der Waals surface area contributed by atoms with Gasteiger partial charge in [-0.1, -0.05) is 25.7 Å². The molecular weight excluding hydrogens is 188 g/mol. The maximum absolute atomic E-state index is 11.7. The van der Waals surface area contributed by atoms with Crippen molar-refractivity contribution in [2.45, 2.75) is 63.5 Å². The van der Waals surface area contributed by atoms with Gasteiger partial charge in [-0.25, -0.2) is 0 Å². The second-order valence-corrected chi connectivity index (χ2v) is 5.63. The monoisotopic (exact) mass is 210 g/mol. The predicted octanol–water partition coefficient (Wildman–Crippen LogP) is 1.58. The summed E-state index contributed by atoms with van der Waals surface area (Å²) in [4.78, 5) is 11.7. The van der Waals surface area contributed by atoms with Gasteiger partial charge in [-0.3, -0.25) is 10.1 Å². The van der Waals surface area contributed by atoms with Crippen LogP contribution >= 0.6 is 0 Å². The Bertz CT molecular complexity index is 252. The molecule has 1 saturated carbocycles. The summed E-state index contributed by atoms with van der Waals surface area (Å²) < 4.78 is 0. The Morgan fingerprint density at radius 2 is 1.67 bits per heavy atom. The molecule has 2 fully saturated rings. The Balaban J connectivity index is 2.11. The van der Waals surface area contributed by atoms with Crippen LogP contribution in [0, 0.1) is 0 Å². The smallest absolute Gasteiger partial charge is 0.239 e. The third kappa shape index (κ3) is 2.17. The number of hydrogen-bond donors (Lipinski definition) is 2. The van der Waals surface area contributed by atoms with Gasteiger partial charge in [0, 0.05) is 12.1 Å². The zero-order chi connectivity index (χ0) is 10.9. The third-order valence-electron chi connectivity index (χ3n) is 3.79. The highest BCUT2D eigenvalue weighted by molar-refractivity contribution is 5.86. The molecule has 0 aromatic heterocycles. The van der Waals surface area contributed by atoms with E-state index in [-0.39, 0.29) is 11.4 Å². The molecule has 0 aromatic carbocycles. The Kier molecular flexibility index (Phi) is 2.75. The molecule has 2 rings (SSSR count). The van der Waals surface area contributed by atoms with Crippen LogP contribution in [-0.2, 0) is 4.79 Å². The van der Waals surface area contributed by atoms with E-state index in [1.54, 1.807) is 0 Å². The average Bonchev–Trinajstić information content (AvgIpc) is 2.38. The molecule has 15 heavy (non-hydrogen) atoms. The molecule has 2 N–H and O–H groups in total. The van der Waals surface area contributed by atoms with Crippen LogP contribution in [0.25, 0.3) is 0 Å². The summed E-state index contributed by atoms with van der Waals surface area (Å²) in [6, 6.07) is 0. The molecular formula is C12H22N2O. The SMILES string of the molecule is CC1(C)NC2(CCCCCC2)CNC1=O. The van der Waals surface area contributed by atoms with E-state index in [1.807, 2.05) is 13.8 Å². The molecule has 1 amide bonds. The highest BCUT2D eigenvalue weighted by Gasteiger charge is 2.43. The van der Waals surface area contributed by atoms with E-state index in [2.05, 4.69) is 10.6 Å². The summed E-state index contributed by atoms with van der Waals surface area (Å²) in [5, 5.41) is 6.64. The number of piperazine rings is 1. The van der Waals surface area contributed by atoms with Gasteiger partial charge in [0.2, 0.25) is 5.91 Å². The normalized spacial score (nSPS) is 29.6. The van der Waals surface area contributed by atoms with Crippen molar-refractivity contribution in [1.82, 2.24) is 10.6 Å². The minimum absolute atomic E-state index is 0.136. The van der Waals surface area contributed by atoms with E-state index in [0.717, 1.165) is 6.54 Å². The lowest BCUT2D eigenvalue weighted by atomic mass is 9.83. The van der Waals surface area contributed by atoms with Crippen LogP contribution < -0.4 is 10.6 Å². The summed E-state index contributed by atoms with van der Waals surface area (Å²) >= 11 is 0. The Labute approximate surface area is 92.0 Å². The van der Waals surface area contributed by atoms with Crippen molar-refractivity contribution in [2.75, 3.05) is 6.54 Å². The van der Waals surface area contributed by atoms with Gasteiger partial charge in [0.1, 0.15) is 0 Å². The van der Waals surface area contributed by atoms with Gasteiger partial charge in [0.25, 0.3) is 0 Å². The van der Waals surface area contributed by atoms with Gasteiger partial charge in [-0.15, -0.1) is 0 Å². The van der Waals surface area contributed by atoms with E-state index < -0.39 is 5.54 Å². The van der Waals surface area contributed by atoms with Gasteiger partial charge in [-0.05, 0) is 26.7 Å². The molecule has 0 unspecified atom stereocenters. The number of rotatable bonds is 0. The summed E-state index contributed by atoms with van der Waals surface area (Å²) in [5.41, 5.74) is -0.226. The lowest BCUT2D eigenvalue weighted by Gasteiger charge is -2.45. The van der Waals surface area contributed by atoms with Crippen molar-refractivity contribution < 1.29 is 4.79 Å². The summed E-state index contributed by atoms with van der Waals surface area (Å²) in [5.74, 6) is 0.136. The predicted molar refractivity (Wildman–Crippen MR) is 60.7 cm³/mol. The molecule has 1 saturated heterocycles. The minimum Gasteiger partial charge on any atom is -0.353 e. The summed E-state index contributed by atoms with van der Waals surface area (Å²) in [6.45, 7) is 4.78.